The summed E-state index contributed by atoms with van der Waals surface area (Å²) in [5.41, 5.74) is 5.34. The van der Waals surface area contributed by atoms with E-state index < -0.39 is 18.1 Å². The summed E-state index contributed by atoms with van der Waals surface area (Å²) in [5, 5.41) is 11.7. The first-order valence-corrected chi connectivity index (χ1v) is 11.6. The van der Waals surface area contributed by atoms with Crippen molar-refractivity contribution in [2.75, 3.05) is 13.7 Å². The van der Waals surface area contributed by atoms with Gasteiger partial charge in [0.1, 0.15) is 12.6 Å². The monoisotopic (exact) mass is 472 g/mol. The van der Waals surface area contributed by atoms with E-state index in [1.807, 2.05) is 66.7 Å². The first-order valence-electron chi connectivity index (χ1n) is 11.6. The Hall–Kier alpha value is -4.13. The van der Waals surface area contributed by atoms with E-state index in [4.69, 9.17) is 9.84 Å². The molecule has 0 aromatic heterocycles. The van der Waals surface area contributed by atoms with Crippen LogP contribution in [0.4, 0.5) is 4.79 Å². The van der Waals surface area contributed by atoms with Crippen molar-refractivity contribution in [2.45, 2.75) is 31.3 Å². The fourth-order valence-electron chi connectivity index (χ4n) is 4.51. The molecule has 2 N–H and O–H groups in total. The van der Waals surface area contributed by atoms with Gasteiger partial charge in [0.05, 0.1) is 0 Å². The molecule has 0 heterocycles. The van der Waals surface area contributed by atoms with Crippen LogP contribution in [0.15, 0.2) is 78.9 Å². The number of carboxylic acid groups (broad SMARTS) is 1. The van der Waals surface area contributed by atoms with E-state index in [1.165, 1.54) is 4.90 Å². The summed E-state index contributed by atoms with van der Waals surface area (Å²) in [7, 11) is 1.63. The van der Waals surface area contributed by atoms with Crippen molar-refractivity contribution < 1.29 is 24.2 Å². The summed E-state index contributed by atoms with van der Waals surface area (Å²) < 4.78 is 5.56. The lowest BCUT2D eigenvalue weighted by molar-refractivity contribution is -0.138. The van der Waals surface area contributed by atoms with E-state index in [0.29, 0.717) is 6.54 Å². The van der Waals surface area contributed by atoms with Crippen molar-refractivity contribution in [2.24, 2.45) is 0 Å². The van der Waals surface area contributed by atoms with Crippen molar-refractivity contribution >= 4 is 18.0 Å². The van der Waals surface area contributed by atoms with Crippen molar-refractivity contribution in [1.82, 2.24) is 10.2 Å². The number of benzene rings is 3. The van der Waals surface area contributed by atoms with Crippen LogP contribution in [0.25, 0.3) is 11.1 Å². The summed E-state index contributed by atoms with van der Waals surface area (Å²) in [4.78, 5) is 38.4. The number of nitrogens with one attached hydrogen (secondary N) is 1. The fraction of sp³-hybridized carbons (Fsp3) is 0.250. The Kier molecular flexibility index (Phi) is 7.45. The Morgan fingerprint density at radius 3 is 2.09 bits per heavy atom. The largest absolute Gasteiger partial charge is 0.481 e. The molecule has 35 heavy (non-hydrogen) atoms. The number of alkyl carbamates (subject to hydrolysis) is 1. The van der Waals surface area contributed by atoms with Crippen molar-refractivity contribution in [3.05, 3.63) is 95.6 Å². The molecule has 7 nitrogen and oxygen atoms in total. The second-order valence-electron chi connectivity index (χ2n) is 8.63. The highest BCUT2D eigenvalue weighted by Crippen LogP contribution is 2.44. The SMILES string of the molecule is CN(Cc1ccccc1)C(=O)C(CCC(=O)O)NC(=O)OCC1c2ccccc2-c2ccccc21. The maximum absolute atomic E-state index is 13.0. The van der Waals surface area contributed by atoms with Gasteiger partial charge in [-0.2, -0.15) is 0 Å². The zero-order valence-electron chi connectivity index (χ0n) is 19.5. The Labute approximate surface area is 204 Å². The Morgan fingerprint density at radius 2 is 1.49 bits per heavy atom. The maximum atomic E-state index is 13.0. The molecule has 1 aliphatic carbocycles. The van der Waals surface area contributed by atoms with E-state index >= 15 is 0 Å². The highest BCUT2D eigenvalue weighted by Gasteiger charge is 2.30. The normalized spacial score (nSPS) is 12.8. The van der Waals surface area contributed by atoms with Crippen LogP contribution < -0.4 is 5.32 Å². The van der Waals surface area contributed by atoms with Crippen molar-refractivity contribution in [3.8, 4) is 11.1 Å². The lowest BCUT2D eigenvalue weighted by Gasteiger charge is -2.24. The van der Waals surface area contributed by atoms with Crippen LogP contribution in [0.5, 0.6) is 0 Å². The van der Waals surface area contributed by atoms with Crippen LogP contribution in [0, 0.1) is 0 Å². The van der Waals surface area contributed by atoms with Crippen LogP contribution >= 0.6 is 0 Å². The van der Waals surface area contributed by atoms with Gasteiger partial charge < -0.3 is 20.1 Å². The first-order chi connectivity index (χ1) is 16.9. The van der Waals surface area contributed by atoms with E-state index in [1.54, 1.807) is 7.05 Å². The highest BCUT2D eigenvalue weighted by atomic mass is 16.5. The van der Waals surface area contributed by atoms with Crippen LogP contribution in [0.3, 0.4) is 0 Å². The molecule has 180 valence electrons. The molecular weight excluding hydrogens is 444 g/mol. The highest BCUT2D eigenvalue weighted by molar-refractivity contribution is 5.86. The number of rotatable bonds is 9. The number of ether oxygens (including phenoxy) is 1. The Bertz CT molecular complexity index is 1170. The molecule has 1 unspecified atom stereocenters. The topological polar surface area (TPSA) is 95.9 Å². The van der Waals surface area contributed by atoms with Gasteiger partial charge in [-0.05, 0) is 34.2 Å². The Morgan fingerprint density at radius 1 is 0.914 bits per heavy atom. The summed E-state index contributed by atoms with van der Waals surface area (Å²) in [6.07, 6.45) is -1.03. The number of nitrogens with zero attached hydrogens (tertiary/aromatic N) is 1. The van der Waals surface area contributed by atoms with Gasteiger partial charge in [-0.3, -0.25) is 9.59 Å². The maximum Gasteiger partial charge on any atom is 0.407 e. The van der Waals surface area contributed by atoms with Gasteiger partial charge in [0.25, 0.3) is 0 Å². The second-order valence-corrected chi connectivity index (χ2v) is 8.63. The lowest BCUT2D eigenvalue weighted by Crippen LogP contribution is -2.47. The van der Waals surface area contributed by atoms with Crippen LogP contribution in [-0.2, 0) is 20.9 Å². The standard InChI is InChI=1S/C28H28N2O5/c1-30(17-19-9-3-2-4-10-19)27(33)25(15-16-26(31)32)29-28(34)35-18-24-22-13-7-5-11-20(22)21-12-6-8-14-23(21)24/h2-14,24-25H,15-18H2,1H3,(H,29,34)(H,31,32). The molecule has 4 rings (SSSR count). The molecular formula is C28H28N2O5. The van der Waals surface area contributed by atoms with Gasteiger partial charge in [0.2, 0.25) is 5.91 Å². The van der Waals surface area contributed by atoms with Crippen molar-refractivity contribution in [3.63, 3.8) is 0 Å². The molecule has 0 saturated carbocycles. The molecule has 0 aliphatic heterocycles. The molecule has 0 radical (unpaired) electrons. The van der Waals surface area contributed by atoms with Crippen molar-refractivity contribution in [1.29, 1.82) is 0 Å². The average molecular weight is 473 g/mol. The van der Waals surface area contributed by atoms with E-state index in [2.05, 4.69) is 17.4 Å². The Balaban J connectivity index is 1.42. The first kappa shape index (κ1) is 24.0. The molecule has 1 atom stereocenters. The third-order valence-electron chi connectivity index (χ3n) is 6.22. The summed E-state index contributed by atoms with van der Waals surface area (Å²) in [6.45, 7) is 0.454. The predicted molar refractivity (Wildman–Crippen MR) is 132 cm³/mol. The molecule has 0 spiro atoms. The number of amides is 2. The number of carbonyl (C=O) groups excluding carboxylic acids is 2. The van der Waals surface area contributed by atoms with Gasteiger partial charge >= 0.3 is 12.1 Å². The molecule has 2 amide bonds. The number of hydrogen-bond acceptors (Lipinski definition) is 4. The number of hydrogen-bond donors (Lipinski definition) is 2. The smallest absolute Gasteiger partial charge is 0.407 e. The molecule has 0 saturated heterocycles. The van der Waals surface area contributed by atoms with Gasteiger partial charge in [0, 0.05) is 25.9 Å². The third-order valence-corrected chi connectivity index (χ3v) is 6.22. The van der Waals surface area contributed by atoms with E-state index in [0.717, 1.165) is 27.8 Å². The predicted octanol–water partition coefficient (Wildman–Crippen LogP) is 4.42. The summed E-state index contributed by atoms with van der Waals surface area (Å²) >= 11 is 0. The second kappa shape index (κ2) is 10.9. The van der Waals surface area contributed by atoms with E-state index in [9.17, 15) is 14.4 Å². The quantitative estimate of drug-likeness (QED) is 0.481. The van der Waals surface area contributed by atoms with Crippen LogP contribution in [0.1, 0.15) is 35.4 Å². The van der Waals surface area contributed by atoms with Gasteiger partial charge in [-0.1, -0.05) is 78.9 Å². The van der Waals surface area contributed by atoms with Gasteiger partial charge in [-0.25, -0.2) is 4.79 Å². The molecule has 0 bridgehead atoms. The minimum Gasteiger partial charge on any atom is -0.481 e. The van der Waals surface area contributed by atoms with Crippen LogP contribution in [-0.4, -0.2) is 47.7 Å². The lowest BCUT2D eigenvalue weighted by atomic mass is 9.98. The zero-order valence-corrected chi connectivity index (χ0v) is 19.5. The van der Waals surface area contributed by atoms with E-state index in [-0.39, 0.29) is 31.3 Å². The van der Waals surface area contributed by atoms with Gasteiger partial charge in [0.15, 0.2) is 0 Å². The number of carboxylic acids is 1. The molecule has 0 fully saturated rings. The number of carbonyl (C=O) groups is 3. The molecule has 3 aromatic rings. The minimum atomic E-state index is -1.04. The molecule has 1 aliphatic rings. The molecule has 3 aromatic carbocycles. The summed E-state index contributed by atoms with van der Waals surface area (Å²) in [5.74, 6) is -1.52. The third kappa shape index (κ3) is 5.69. The average Bonchev–Trinajstić information content (AvgIpc) is 3.19. The van der Waals surface area contributed by atoms with Gasteiger partial charge in [-0.15, -0.1) is 0 Å². The number of aliphatic carboxylic acids is 1. The van der Waals surface area contributed by atoms with Crippen LogP contribution in [0.2, 0.25) is 0 Å². The fourth-order valence-corrected chi connectivity index (χ4v) is 4.51. The zero-order chi connectivity index (χ0) is 24.8. The summed E-state index contributed by atoms with van der Waals surface area (Å²) in [6, 6.07) is 24.5. The number of likely N-dealkylation sites (N-methyl/N-ethyl adjacent to an activating group) is 1. The number of fused-ring (bicyclic) bond motifs is 3. The molecule has 7 heteroatoms. The minimum absolute atomic E-state index is 0.0303.